The molecule has 0 atom stereocenters. The van der Waals surface area contributed by atoms with Gasteiger partial charge in [-0.2, -0.15) is 5.10 Å². The van der Waals surface area contributed by atoms with Crippen molar-refractivity contribution in [2.75, 3.05) is 13.1 Å². The zero-order valence-corrected chi connectivity index (χ0v) is 8.58. The molecular formula is C10H19N3. The molecule has 74 valence electrons. The van der Waals surface area contributed by atoms with Crippen LogP contribution in [0.2, 0.25) is 0 Å². The maximum absolute atomic E-state index is 4.27. The predicted octanol–water partition coefficient (Wildman–Crippen LogP) is 1.45. The zero-order valence-electron chi connectivity index (χ0n) is 8.58. The third-order valence-corrected chi connectivity index (χ3v) is 2.05. The normalized spacial score (nSPS) is 10.6. The van der Waals surface area contributed by atoms with Gasteiger partial charge in [0.15, 0.2) is 0 Å². The Labute approximate surface area is 80.1 Å². The second kappa shape index (κ2) is 5.75. The van der Waals surface area contributed by atoms with Gasteiger partial charge in [0.1, 0.15) is 0 Å². The van der Waals surface area contributed by atoms with E-state index < -0.39 is 0 Å². The van der Waals surface area contributed by atoms with E-state index in [1.54, 1.807) is 0 Å². The highest BCUT2D eigenvalue weighted by molar-refractivity contribution is 5.00. The minimum atomic E-state index is 1.04. The van der Waals surface area contributed by atoms with E-state index >= 15 is 0 Å². The van der Waals surface area contributed by atoms with E-state index in [4.69, 9.17) is 0 Å². The fourth-order valence-corrected chi connectivity index (χ4v) is 1.38. The van der Waals surface area contributed by atoms with E-state index in [9.17, 15) is 0 Å². The quantitative estimate of drug-likeness (QED) is 0.673. The second-order valence-corrected chi connectivity index (χ2v) is 3.15. The van der Waals surface area contributed by atoms with Crippen LogP contribution in [0.25, 0.3) is 0 Å². The summed E-state index contributed by atoms with van der Waals surface area (Å²) in [5, 5.41) is 7.59. The summed E-state index contributed by atoms with van der Waals surface area (Å²) in [5.41, 5.74) is 1.34. The lowest BCUT2D eigenvalue weighted by Gasteiger charge is -2.05. The first-order valence-corrected chi connectivity index (χ1v) is 5.09. The Balaban J connectivity index is 2.40. The molecule has 0 aliphatic carbocycles. The number of hydrogen-bond donors (Lipinski definition) is 1. The molecule has 3 heteroatoms. The van der Waals surface area contributed by atoms with Crippen molar-refractivity contribution in [3.63, 3.8) is 0 Å². The van der Waals surface area contributed by atoms with Crippen molar-refractivity contribution in [1.29, 1.82) is 0 Å². The van der Waals surface area contributed by atoms with Crippen LogP contribution in [0, 0.1) is 0 Å². The largest absolute Gasteiger partial charge is 0.317 e. The Bertz CT molecular complexity index is 230. The Morgan fingerprint density at radius 1 is 1.46 bits per heavy atom. The second-order valence-electron chi connectivity index (χ2n) is 3.15. The Hall–Kier alpha value is -0.830. The summed E-state index contributed by atoms with van der Waals surface area (Å²) in [6.07, 6.45) is 4.11. The zero-order chi connectivity index (χ0) is 9.52. The van der Waals surface area contributed by atoms with E-state index in [0.29, 0.717) is 0 Å². The maximum atomic E-state index is 4.27. The molecule has 0 fully saturated rings. The molecule has 0 unspecified atom stereocenters. The van der Waals surface area contributed by atoms with Gasteiger partial charge in [-0.25, -0.2) is 0 Å². The fraction of sp³-hybridized carbons (Fsp3) is 0.700. The summed E-state index contributed by atoms with van der Waals surface area (Å²) in [6.45, 7) is 7.43. The summed E-state index contributed by atoms with van der Waals surface area (Å²) in [5.74, 6) is 0. The molecule has 0 amide bonds. The summed E-state index contributed by atoms with van der Waals surface area (Å²) >= 11 is 0. The Morgan fingerprint density at radius 2 is 2.31 bits per heavy atom. The van der Waals surface area contributed by atoms with Crippen molar-refractivity contribution in [2.45, 2.75) is 33.2 Å². The van der Waals surface area contributed by atoms with E-state index in [-0.39, 0.29) is 0 Å². The first-order chi connectivity index (χ1) is 6.38. The van der Waals surface area contributed by atoms with Crippen molar-refractivity contribution < 1.29 is 0 Å². The Kier molecular flexibility index (Phi) is 4.54. The number of nitrogens with one attached hydrogen (secondary N) is 1. The molecule has 0 saturated heterocycles. The molecule has 1 aromatic rings. The number of hydrogen-bond acceptors (Lipinski definition) is 2. The van der Waals surface area contributed by atoms with Gasteiger partial charge in [-0.1, -0.05) is 13.8 Å². The van der Waals surface area contributed by atoms with Crippen LogP contribution >= 0.6 is 0 Å². The molecule has 0 saturated carbocycles. The van der Waals surface area contributed by atoms with Crippen LogP contribution in [-0.2, 0) is 13.0 Å². The van der Waals surface area contributed by atoms with E-state index in [0.717, 1.165) is 32.5 Å². The smallest absolute Gasteiger partial charge is 0.0492 e. The predicted molar refractivity (Wildman–Crippen MR) is 54.8 cm³/mol. The first-order valence-electron chi connectivity index (χ1n) is 5.09. The van der Waals surface area contributed by atoms with Gasteiger partial charge in [0.05, 0.1) is 0 Å². The van der Waals surface area contributed by atoms with Crippen molar-refractivity contribution in [3.8, 4) is 0 Å². The van der Waals surface area contributed by atoms with E-state index in [1.807, 2.05) is 6.20 Å². The van der Waals surface area contributed by atoms with Crippen molar-refractivity contribution in [1.82, 2.24) is 15.1 Å². The summed E-state index contributed by atoms with van der Waals surface area (Å²) in [4.78, 5) is 0. The number of rotatable bonds is 6. The minimum absolute atomic E-state index is 1.04. The molecular weight excluding hydrogens is 162 g/mol. The topological polar surface area (TPSA) is 29.9 Å². The van der Waals surface area contributed by atoms with Crippen LogP contribution < -0.4 is 5.32 Å². The van der Waals surface area contributed by atoms with Crippen LogP contribution in [0.15, 0.2) is 12.3 Å². The molecule has 0 spiro atoms. The van der Waals surface area contributed by atoms with Gasteiger partial charge in [-0.05, 0) is 19.0 Å². The third kappa shape index (κ3) is 3.19. The average molecular weight is 181 g/mol. The average Bonchev–Trinajstić information content (AvgIpc) is 2.54. The molecule has 0 radical (unpaired) electrons. The molecule has 0 aliphatic rings. The van der Waals surface area contributed by atoms with Crippen LogP contribution in [0.4, 0.5) is 0 Å². The highest BCUT2D eigenvalue weighted by atomic mass is 15.3. The summed E-state index contributed by atoms with van der Waals surface area (Å²) < 4.78 is 2.09. The molecule has 0 aromatic carbocycles. The lowest BCUT2D eigenvalue weighted by Crippen LogP contribution is -2.18. The van der Waals surface area contributed by atoms with Gasteiger partial charge in [-0.3, -0.25) is 4.68 Å². The molecule has 1 aromatic heterocycles. The van der Waals surface area contributed by atoms with Crippen molar-refractivity contribution >= 4 is 0 Å². The molecule has 0 aliphatic heterocycles. The van der Waals surface area contributed by atoms with Gasteiger partial charge >= 0.3 is 0 Å². The van der Waals surface area contributed by atoms with Crippen LogP contribution in [-0.4, -0.2) is 22.9 Å². The van der Waals surface area contributed by atoms with Crippen molar-refractivity contribution in [3.05, 3.63) is 18.0 Å². The number of aromatic nitrogens is 2. The highest BCUT2D eigenvalue weighted by Crippen LogP contribution is 2.00. The minimum Gasteiger partial charge on any atom is -0.317 e. The van der Waals surface area contributed by atoms with Gasteiger partial charge in [0.25, 0.3) is 0 Å². The third-order valence-electron chi connectivity index (χ3n) is 2.05. The molecule has 1 rings (SSSR count). The Morgan fingerprint density at radius 3 is 3.00 bits per heavy atom. The number of aryl methyl sites for hydroxylation is 1. The molecule has 13 heavy (non-hydrogen) atoms. The lowest BCUT2D eigenvalue weighted by atomic mass is 10.3. The van der Waals surface area contributed by atoms with Crippen LogP contribution in [0.3, 0.4) is 0 Å². The van der Waals surface area contributed by atoms with E-state index in [1.165, 1.54) is 5.69 Å². The van der Waals surface area contributed by atoms with E-state index in [2.05, 4.69) is 35.0 Å². The first kappa shape index (κ1) is 10.3. The summed E-state index contributed by atoms with van der Waals surface area (Å²) in [6, 6.07) is 2.10. The van der Waals surface area contributed by atoms with Gasteiger partial charge in [0.2, 0.25) is 0 Å². The SMILES string of the molecule is CCCn1nccc1CCNCC. The van der Waals surface area contributed by atoms with Crippen LogP contribution in [0.1, 0.15) is 26.0 Å². The maximum Gasteiger partial charge on any atom is 0.0492 e. The van der Waals surface area contributed by atoms with Crippen LogP contribution in [0.5, 0.6) is 0 Å². The van der Waals surface area contributed by atoms with Crippen molar-refractivity contribution in [2.24, 2.45) is 0 Å². The highest BCUT2D eigenvalue weighted by Gasteiger charge is 1.99. The molecule has 1 heterocycles. The molecule has 0 bridgehead atoms. The molecule has 3 nitrogen and oxygen atoms in total. The summed E-state index contributed by atoms with van der Waals surface area (Å²) in [7, 11) is 0. The standard InChI is InChI=1S/C10H19N3/c1-3-9-13-10(6-8-12-13)5-7-11-4-2/h6,8,11H,3-5,7,9H2,1-2H3. The van der Waals surface area contributed by atoms with Gasteiger partial charge < -0.3 is 5.32 Å². The molecule has 1 N–H and O–H groups in total. The fourth-order valence-electron chi connectivity index (χ4n) is 1.38. The van der Waals surface area contributed by atoms with Gasteiger partial charge in [-0.15, -0.1) is 0 Å². The van der Waals surface area contributed by atoms with Gasteiger partial charge in [0, 0.05) is 31.4 Å². The number of nitrogens with zero attached hydrogens (tertiary/aromatic N) is 2. The number of likely N-dealkylation sites (N-methyl/N-ethyl adjacent to an activating group) is 1. The lowest BCUT2D eigenvalue weighted by molar-refractivity contribution is 0.564. The monoisotopic (exact) mass is 181 g/mol.